The van der Waals surface area contributed by atoms with Crippen LogP contribution in [0.4, 0.5) is 13.2 Å². The normalized spacial score (nSPS) is 14.4. The van der Waals surface area contributed by atoms with Crippen molar-refractivity contribution in [3.8, 4) is 39.7 Å². The number of hydrogen-bond acceptors (Lipinski definition) is 7. The van der Waals surface area contributed by atoms with Gasteiger partial charge in [-0.15, -0.1) is 0 Å². The molecule has 0 atom stereocenters. The Bertz CT molecular complexity index is 1430. The van der Waals surface area contributed by atoms with Crippen molar-refractivity contribution in [2.24, 2.45) is 5.92 Å². The molecule has 1 aliphatic rings. The van der Waals surface area contributed by atoms with Gasteiger partial charge in [-0.05, 0) is 50.4 Å². The minimum atomic E-state index is -4.69. The number of likely N-dealkylation sites (tertiary alicyclic amines) is 1. The van der Waals surface area contributed by atoms with Gasteiger partial charge in [0.2, 0.25) is 0 Å². The van der Waals surface area contributed by atoms with E-state index in [1.165, 1.54) is 25.2 Å². The Morgan fingerprint density at radius 1 is 1.05 bits per heavy atom. The van der Waals surface area contributed by atoms with Gasteiger partial charge >= 0.3 is 6.18 Å². The number of hydrogen-bond donors (Lipinski definition) is 0. The lowest BCUT2D eigenvalue weighted by Crippen LogP contribution is -2.25. The summed E-state index contributed by atoms with van der Waals surface area (Å²) in [6, 6.07) is 6.82. The highest BCUT2D eigenvalue weighted by molar-refractivity contribution is 6.35. The van der Waals surface area contributed by atoms with Crippen molar-refractivity contribution in [1.82, 2.24) is 29.8 Å². The van der Waals surface area contributed by atoms with Crippen molar-refractivity contribution in [2.45, 2.75) is 45.8 Å². The Balaban J connectivity index is 1.57. The van der Waals surface area contributed by atoms with E-state index in [1.807, 2.05) is 13.8 Å². The number of rotatable bonds is 10. The smallest absolute Gasteiger partial charge is 0.433 e. The average molecular weight is 575 g/mol. The first kappa shape index (κ1) is 28.1. The van der Waals surface area contributed by atoms with Gasteiger partial charge in [-0.2, -0.15) is 18.3 Å². The molecule has 40 heavy (non-hydrogen) atoms. The number of alkyl halides is 3. The standard InChI is InChI=1S/C28H30ClF3N6O2/c1-18(2)9-14-38-26(28(30,31)32)20(17-35-38)25-22(27-33-10-6-11-34-27)24(36-40-25)19-7-5-8-21(23(19)29)39-16-15-37-12-3-4-13-37/h5-8,10-11,17-18H,3-4,9,12-16H2,1-2H3. The molecule has 1 aliphatic heterocycles. The molecule has 0 aliphatic carbocycles. The summed E-state index contributed by atoms with van der Waals surface area (Å²) in [4.78, 5) is 10.9. The molecule has 4 aromatic rings. The van der Waals surface area contributed by atoms with E-state index in [4.69, 9.17) is 20.9 Å². The molecule has 4 heterocycles. The third kappa shape index (κ3) is 6.00. The van der Waals surface area contributed by atoms with E-state index in [0.717, 1.165) is 30.5 Å². The number of benzene rings is 1. The third-order valence-corrected chi connectivity index (χ3v) is 7.22. The predicted molar refractivity (Wildman–Crippen MR) is 145 cm³/mol. The maximum Gasteiger partial charge on any atom is 0.433 e. The molecular formula is C28H30ClF3N6O2. The topological polar surface area (TPSA) is 82.1 Å². The summed E-state index contributed by atoms with van der Waals surface area (Å²) < 4.78 is 55.7. The first-order valence-electron chi connectivity index (χ1n) is 13.3. The first-order valence-corrected chi connectivity index (χ1v) is 13.7. The van der Waals surface area contributed by atoms with Crippen molar-refractivity contribution in [3.05, 3.63) is 53.6 Å². The monoisotopic (exact) mass is 574 g/mol. The van der Waals surface area contributed by atoms with E-state index in [-0.39, 0.29) is 45.9 Å². The fourth-order valence-corrected chi connectivity index (χ4v) is 5.06. The fourth-order valence-electron chi connectivity index (χ4n) is 4.79. The van der Waals surface area contributed by atoms with Crippen LogP contribution in [-0.4, -0.2) is 56.0 Å². The molecule has 1 aromatic carbocycles. The zero-order valence-electron chi connectivity index (χ0n) is 22.3. The largest absolute Gasteiger partial charge is 0.491 e. The van der Waals surface area contributed by atoms with Gasteiger partial charge in [-0.25, -0.2) is 9.97 Å². The van der Waals surface area contributed by atoms with Crippen LogP contribution in [0.3, 0.4) is 0 Å². The van der Waals surface area contributed by atoms with Gasteiger partial charge in [0.15, 0.2) is 17.3 Å². The molecule has 0 amide bonds. The maximum atomic E-state index is 14.4. The van der Waals surface area contributed by atoms with Crippen LogP contribution in [0, 0.1) is 5.92 Å². The highest BCUT2D eigenvalue weighted by Crippen LogP contribution is 2.46. The first-order chi connectivity index (χ1) is 19.2. The zero-order valence-corrected chi connectivity index (χ0v) is 23.0. The number of aromatic nitrogens is 5. The van der Waals surface area contributed by atoms with E-state index < -0.39 is 11.9 Å². The molecule has 0 saturated carbocycles. The number of aryl methyl sites for hydroxylation is 1. The number of nitrogens with zero attached hydrogens (tertiary/aromatic N) is 6. The summed E-state index contributed by atoms with van der Waals surface area (Å²) in [5.41, 5.74) is -0.340. The molecule has 1 saturated heterocycles. The van der Waals surface area contributed by atoms with Crippen LogP contribution in [0.15, 0.2) is 47.4 Å². The van der Waals surface area contributed by atoms with Crippen LogP contribution in [0.25, 0.3) is 34.0 Å². The molecule has 0 spiro atoms. The van der Waals surface area contributed by atoms with Crippen molar-refractivity contribution in [3.63, 3.8) is 0 Å². The zero-order chi connectivity index (χ0) is 28.3. The summed E-state index contributed by atoms with van der Waals surface area (Å²) in [7, 11) is 0. The summed E-state index contributed by atoms with van der Waals surface area (Å²) >= 11 is 6.77. The summed E-state index contributed by atoms with van der Waals surface area (Å²) in [5.74, 6) is 0.653. The minimum Gasteiger partial charge on any atom is -0.491 e. The van der Waals surface area contributed by atoms with E-state index >= 15 is 0 Å². The van der Waals surface area contributed by atoms with Gasteiger partial charge in [0.05, 0.1) is 22.3 Å². The lowest BCUT2D eigenvalue weighted by molar-refractivity contribution is -0.143. The Morgan fingerprint density at radius 2 is 1.80 bits per heavy atom. The molecule has 3 aromatic heterocycles. The molecule has 0 unspecified atom stereocenters. The molecular weight excluding hydrogens is 545 g/mol. The highest BCUT2D eigenvalue weighted by Gasteiger charge is 2.41. The van der Waals surface area contributed by atoms with Gasteiger partial charge in [0, 0.05) is 31.0 Å². The van der Waals surface area contributed by atoms with Crippen LogP contribution in [0.2, 0.25) is 5.02 Å². The second-order valence-electron chi connectivity index (χ2n) is 10.1. The molecule has 0 N–H and O–H groups in total. The van der Waals surface area contributed by atoms with Crippen molar-refractivity contribution in [1.29, 1.82) is 0 Å². The van der Waals surface area contributed by atoms with Crippen LogP contribution in [0.5, 0.6) is 5.75 Å². The maximum absolute atomic E-state index is 14.4. The van der Waals surface area contributed by atoms with Crippen LogP contribution in [0.1, 0.15) is 38.8 Å². The molecule has 12 heteroatoms. The Labute approximate surface area is 235 Å². The summed E-state index contributed by atoms with van der Waals surface area (Å²) in [6.07, 6.45) is 2.35. The SMILES string of the molecule is CC(C)CCn1ncc(-c2onc(-c3cccc(OCCN4CCCC4)c3Cl)c2-c2ncccn2)c1C(F)(F)F. The molecule has 0 bridgehead atoms. The quantitative estimate of drug-likeness (QED) is 0.205. The third-order valence-electron chi connectivity index (χ3n) is 6.83. The van der Waals surface area contributed by atoms with Crippen LogP contribution < -0.4 is 4.74 Å². The van der Waals surface area contributed by atoms with E-state index in [9.17, 15) is 13.2 Å². The Hall–Kier alpha value is -3.44. The second-order valence-corrected chi connectivity index (χ2v) is 10.5. The molecule has 8 nitrogen and oxygen atoms in total. The molecule has 0 radical (unpaired) electrons. The van der Waals surface area contributed by atoms with E-state index in [2.05, 4.69) is 25.1 Å². The summed E-state index contributed by atoms with van der Waals surface area (Å²) in [6.45, 7) is 7.32. The van der Waals surface area contributed by atoms with Crippen LogP contribution >= 0.6 is 11.6 Å². The van der Waals surface area contributed by atoms with E-state index in [1.54, 1.807) is 24.3 Å². The minimum absolute atomic E-state index is 0.104. The summed E-state index contributed by atoms with van der Waals surface area (Å²) in [5, 5.41) is 8.52. The lowest BCUT2D eigenvalue weighted by atomic mass is 10.0. The number of ether oxygens (including phenoxy) is 1. The Morgan fingerprint density at radius 3 is 2.50 bits per heavy atom. The molecule has 1 fully saturated rings. The van der Waals surface area contributed by atoms with Gasteiger partial charge in [0.1, 0.15) is 18.1 Å². The highest BCUT2D eigenvalue weighted by atomic mass is 35.5. The van der Waals surface area contributed by atoms with Crippen molar-refractivity contribution >= 4 is 11.6 Å². The fraction of sp³-hybridized carbons (Fsp3) is 0.429. The van der Waals surface area contributed by atoms with Crippen molar-refractivity contribution < 1.29 is 22.4 Å². The second kappa shape index (κ2) is 12.0. The molecule has 5 rings (SSSR count). The van der Waals surface area contributed by atoms with Gasteiger partial charge < -0.3 is 9.26 Å². The molecule has 212 valence electrons. The predicted octanol–water partition coefficient (Wildman–Crippen LogP) is 6.86. The van der Waals surface area contributed by atoms with Crippen LogP contribution in [-0.2, 0) is 12.7 Å². The van der Waals surface area contributed by atoms with Gasteiger partial charge in [-0.1, -0.05) is 42.7 Å². The van der Waals surface area contributed by atoms with E-state index in [0.29, 0.717) is 24.3 Å². The Kier molecular flexibility index (Phi) is 8.41. The average Bonchev–Trinajstić information content (AvgIpc) is 3.68. The van der Waals surface area contributed by atoms with Gasteiger partial charge in [-0.3, -0.25) is 9.58 Å². The van der Waals surface area contributed by atoms with Crippen molar-refractivity contribution in [2.75, 3.05) is 26.2 Å². The number of halogens is 4. The lowest BCUT2D eigenvalue weighted by Gasteiger charge is -2.16. The van der Waals surface area contributed by atoms with Gasteiger partial charge in [0.25, 0.3) is 0 Å².